The molecule has 0 saturated heterocycles. The Morgan fingerprint density at radius 3 is 2.11 bits per heavy atom. The van der Waals surface area contributed by atoms with Gasteiger partial charge < -0.3 is 10.4 Å². The van der Waals surface area contributed by atoms with Crippen molar-refractivity contribution in [3.63, 3.8) is 0 Å². The van der Waals surface area contributed by atoms with Crippen molar-refractivity contribution in [3.8, 4) is 0 Å². The molecule has 2 N–H and O–H groups in total. The molecule has 6 nitrogen and oxygen atoms in total. The average Bonchev–Trinajstić information content (AvgIpc) is 2.79. The predicted molar refractivity (Wildman–Crippen MR) is 65.9 cm³/mol. The van der Waals surface area contributed by atoms with Crippen LogP contribution in [0.1, 0.15) is 39.5 Å². The number of nitrogens with one attached hydrogen (secondary N) is 1. The molecule has 1 rings (SSSR count). The summed E-state index contributed by atoms with van der Waals surface area (Å²) in [6.07, 6.45) is 3.76. The van der Waals surface area contributed by atoms with Crippen molar-refractivity contribution in [2.24, 2.45) is 0 Å². The smallest absolute Gasteiger partial charge is 0.321 e. The fourth-order valence-electron chi connectivity index (χ4n) is 1.98. The van der Waals surface area contributed by atoms with E-state index in [1.165, 1.54) is 6.92 Å². The van der Waals surface area contributed by atoms with Gasteiger partial charge in [0.05, 0.1) is 0 Å². The second kappa shape index (κ2) is 5.69. The van der Waals surface area contributed by atoms with Gasteiger partial charge in [-0.05, 0) is 26.7 Å². The fourth-order valence-corrected chi connectivity index (χ4v) is 3.24. The van der Waals surface area contributed by atoms with Crippen LogP contribution in [0, 0.1) is 0 Å². The van der Waals surface area contributed by atoms with Crippen molar-refractivity contribution in [2.45, 2.75) is 56.1 Å². The van der Waals surface area contributed by atoms with E-state index in [1.54, 1.807) is 0 Å². The summed E-state index contributed by atoms with van der Waals surface area (Å²) in [4.78, 5) is 22.5. The molecule has 0 aliphatic heterocycles. The van der Waals surface area contributed by atoms with Gasteiger partial charge in [0.25, 0.3) is 0 Å². The van der Waals surface area contributed by atoms with Crippen LogP contribution >= 0.6 is 0 Å². The van der Waals surface area contributed by atoms with Gasteiger partial charge in [-0.1, -0.05) is 12.8 Å². The molecule has 2 unspecified atom stereocenters. The molecule has 0 spiro atoms. The number of carboxylic acids is 1. The largest absolute Gasteiger partial charge is 0.480 e. The van der Waals surface area contributed by atoms with Crippen molar-refractivity contribution in [1.29, 1.82) is 0 Å². The van der Waals surface area contributed by atoms with Gasteiger partial charge >= 0.3 is 5.97 Å². The van der Waals surface area contributed by atoms with Gasteiger partial charge in [0, 0.05) is 6.04 Å². The summed E-state index contributed by atoms with van der Waals surface area (Å²) in [6, 6.07) is 0.0234. The molecule has 1 aliphatic carbocycles. The van der Waals surface area contributed by atoms with Gasteiger partial charge in [0.15, 0.2) is 15.1 Å². The number of hydrogen-bond donors (Lipinski definition) is 2. The number of aliphatic carboxylic acids is 1. The second-order valence-electron chi connectivity index (χ2n) is 4.70. The van der Waals surface area contributed by atoms with E-state index >= 15 is 0 Å². The lowest BCUT2D eigenvalue weighted by atomic mass is 10.2. The summed E-state index contributed by atoms with van der Waals surface area (Å²) in [6.45, 7) is 2.32. The third kappa shape index (κ3) is 3.22. The molecule has 0 aromatic carbocycles. The normalized spacial score (nSPS) is 20.3. The van der Waals surface area contributed by atoms with E-state index in [4.69, 9.17) is 5.11 Å². The number of sulfone groups is 1. The highest BCUT2D eigenvalue weighted by atomic mass is 32.2. The maximum absolute atomic E-state index is 11.8. The van der Waals surface area contributed by atoms with Gasteiger partial charge in [0.2, 0.25) is 5.91 Å². The summed E-state index contributed by atoms with van der Waals surface area (Å²) in [5.41, 5.74) is 0. The second-order valence-corrected chi connectivity index (χ2v) is 7.29. The zero-order valence-corrected chi connectivity index (χ0v) is 11.4. The van der Waals surface area contributed by atoms with E-state index in [0.717, 1.165) is 32.6 Å². The zero-order valence-electron chi connectivity index (χ0n) is 10.5. The van der Waals surface area contributed by atoms with E-state index < -0.39 is 32.2 Å². The van der Waals surface area contributed by atoms with Crippen LogP contribution in [0.5, 0.6) is 0 Å². The molecule has 1 saturated carbocycles. The molecule has 0 heterocycles. The number of amides is 1. The lowest BCUT2D eigenvalue weighted by Crippen LogP contribution is -2.46. The Morgan fingerprint density at radius 2 is 1.67 bits per heavy atom. The maximum atomic E-state index is 11.8. The quantitative estimate of drug-likeness (QED) is 0.753. The van der Waals surface area contributed by atoms with Gasteiger partial charge in [-0.3, -0.25) is 9.59 Å². The lowest BCUT2D eigenvalue weighted by Gasteiger charge is -2.18. The highest BCUT2D eigenvalue weighted by molar-refractivity contribution is 7.94. The molecular formula is C11H19NO5S. The first-order valence-corrected chi connectivity index (χ1v) is 7.63. The van der Waals surface area contributed by atoms with E-state index in [1.807, 2.05) is 0 Å². The van der Waals surface area contributed by atoms with Crippen molar-refractivity contribution < 1.29 is 23.1 Å². The minimum Gasteiger partial charge on any atom is -0.480 e. The maximum Gasteiger partial charge on any atom is 0.321 e. The standard InChI is InChI=1S/C11H19NO5S/c1-7(18(16,17)8(2)11(14)15)10(13)12-9-5-3-4-6-9/h7-9H,3-6H2,1-2H3,(H,12,13)(H,14,15). The summed E-state index contributed by atoms with van der Waals surface area (Å²) < 4.78 is 23.7. The van der Waals surface area contributed by atoms with Crippen LogP contribution in [0.25, 0.3) is 0 Å². The minimum atomic E-state index is -3.99. The van der Waals surface area contributed by atoms with Crippen molar-refractivity contribution in [1.82, 2.24) is 5.32 Å². The Bertz CT molecular complexity index is 425. The summed E-state index contributed by atoms with van der Waals surface area (Å²) in [7, 11) is -3.99. The van der Waals surface area contributed by atoms with E-state index in [9.17, 15) is 18.0 Å². The molecule has 0 aromatic rings. The molecular weight excluding hydrogens is 258 g/mol. The van der Waals surface area contributed by atoms with E-state index in [0.29, 0.717) is 0 Å². The SMILES string of the molecule is CC(C(=O)O)S(=O)(=O)C(C)C(=O)NC1CCCC1. The van der Waals surface area contributed by atoms with Crippen LogP contribution < -0.4 is 5.32 Å². The molecule has 18 heavy (non-hydrogen) atoms. The summed E-state index contributed by atoms with van der Waals surface area (Å²) in [5, 5.41) is 8.49. The summed E-state index contributed by atoms with van der Waals surface area (Å²) >= 11 is 0. The monoisotopic (exact) mass is 277 g/mol. The Balaban J connectivity index is 2.70. The third-order valence-electron chi connectivity index (χ3n) is 3.40. The number of rotatable bonds is 5. The van der Waals surface area contributed by atoms with Crippen LogP contribution in [0.2, 0.25) is 0 Å². The van der Waals surface area contributed by atoms with E-state index in [-0.39, 0.29) is 6.04 Å². The van der Waals surface area contributed by atoms with Gasteiger partial charge in [-0.15, -0.1) is 0 Å². The Morgan fingerprint density at radius 1 is 1.17 bits per heavy atom. The van der Waals surface area contributed by atoms with Gasteiger partial charge in [-0.2, -0.15) is 0 Å². The van der Waals surface area contributed by atoms with E-state index in [2.05, 4.69) is 5.32 Å². The summed E-state index contributed by atoms with van der Waals surface area (Å²) in [5.74, 6) is -2.04. The first-order chi connectivity index (χ1) is 8.26. The Labute approximate surface area is 107 Å². The van der Waals surface area contributed by atoms with Crippen molar-refractivity contribution >= 4 is 21.7 Å². The van der Waals surface area contributed by atoms with Crippen LogP contribution in [-0.2, 0) is 19.4 Å². The van der Waals surface area contributed by atoms with Crippen LogP contribution in [-0.4, -0.2) is 41.9 Å². The Hall–Kier alpha value is -1.11. The molecule has 2 atom stereocenters. The number of carbonyl (C=O) groups excluding carboxylic acids is 1. The lowest BCUT2D eigenvalue weighted by molar-refractivity contribution is -0.136. The van der Waals surface area contributed by atoms with Gasteiger partial charge in [-0.25, -0.2) is 8.42 Å². The van der Waals surface area contributed by atoms with Gasteiger partial charge in [0.1, 0.15) is 5.25 Å². The molecule has 1 amide bonds. The van der Waals surface area contributed by atoms with Crippen LogP contribution in [0.4, 0.5) is 0 Å². The van der Waals surface area contributed by atoms with Crippen molar-refractivity contribution in [3.05, 3.63) is 0 Å². The predicted octanol–water partition coefficient (Wildman–Crippen LogP) is 0.322. The molecule has 7 heteroatoms. The molecule has 1 aliphatic rings. The van der Waals surface area contributed by atoms with Crippen LogP contribution in [0.3, 0.4) is 0 Å². The molecule has 1 fully saturated rings. The topological polar surface area (TPSA) is 101 Å². The number of hydrogen-bond acceptors (Lipinski definition) is 4. The van der Waals surface area contributed by atoms with Crippen LogP contribution in [0.15, 0.2) is 0 Å². The highest BCUT2D eigenvalue weighted by Gasteiger charge is 2.37. The minimum absolute atomic E-state index is 0.0234. The third-order valence-corrected chi connectivity index (χ3v) is 5.79. The Kier molecular flexibility index (Phi) is 4.72. The highest BCUT2D eigenvalue weighted by Crippen LogP contribution is 2.18. The van der Waals surface area contributed by atoms with Crippen molar-refractivity contribution in [2.75, 3.05) is 0 Å². The zero-order chi connectivity index (χ0) is 13.9. The molecule has 0 bridgehead atoms. The number of carbonyl (C=O) groups is 2. The first kappa shape index (κ1) is 14.9. The first-order valence-electron chi connectivity index (χ1n) is 6.02. The molecule has 0 radical (unpaired) electrons. The number of carboxylic acid groups (broad SMARTS) is 1. The average molecular weight is 277 g/mol. The molecule has 104 valence electrons. The molecule has 0 aromatic heterocycles. The fraction of sp³-hybridized carbons (Fsp3) is 0.818.